The van der Waals surface area contributed by atoms with Crippen molar-refractivity contribution in [2.75, 3.05) is 14.7 Å². The summed E-state index contributed by atoms with van der Waals surface area (Å²) in [7, 11) is 0. The molecule has 0 radical (unpaired) electrons. The molecule has 0 saturated carbocycles. The van der Waals surface area contributed by atoms with E-state index in [4.69, 9.17) is 0 Å². The van der Waals surface area contributed by atoms with Crippen LogP contribution in [0, 0.1) is 0 Å². The van der Waals surface area contributed by atoms with Crippen LogP contribution in [0.3, 0.4) is 0 Å². The summed E-state index contributed by atoms with van der Waals surface area (Å²) in [4.78, 5) is 7.95. The Morgan fingerprint density at radius 3 is 1.47 bits per heavy atom. The quantitative estimate of drug-likeness (QED) is 0.159. The van der Waals surface area contributed by atoms with Gasteiger partial charge >= 0.3 is 0 Å². The van der Waals surface area contributed by atoms with Crippen LogP contribution in [-0.2, 0) is 37.9 Å². The summed E-state index contributed by atoms with van der Waals surface area (Å²) in [6, 6.07) is 60.5. The van der Waals surface area contributed by atoms with Gasteiger partial charge in [0.25, 0.3) is 6.71 Å². The van der Waals surface area contributed by atoms with E-state index in [-0.39, 0.29) is 44.6 Å². The Labute approximate surface area is 489 Å². The van der Waals surface area contributed by atoms with Crippen molar-refractivity contribution in [3.63, 3.8) is 0 Å². The van der Waals surface area contributed by atoms with Crippen LogP contribution >= 0.6 is 11.3 Å². The maximum atomic E-state index is 2.73. The van der Waals surface area contributed by atoms with Crippen LogP contribution in [0.2, 0.25) is 0 Å². The summed E-state index contributed by atoms with van der Waals surface area (Å²) >= 11 is 1.91. The van der Waals surface area contributed by atoms with Crippen molar-refractivity contribution in [3.8, 4) is 0 Å². The highest BCUT2D eigenvalue weighted by Gasteiger charge is 2.48. The van der Waals surface area contributed by atoms with E-state index >= 15 is 0 Å². The minimum Gasteiger partial charge on any atom is -0.311 e. The molecule has 0 spiro atoms. The molecule has 13 rings (SSSR count). The zero-order chi connectivity index (χ0) is 57.3. The number of hydrogen-bond donors (Lipinski definition) is 0. The molecule has 0 amide bonds. The van der Waals surface area contributed by atoms with E-state index in [0.29, 0.717) is 0 Å². The third-order valence-electron chi connectivity index (χ3n) is 19.8. The van der Waals surface area contributed by atoms with Crippen molar-refractivity contribution >= 4 is 106 Å². The van der Waals surface area contributed by atoms with Crippen molar-refractivity contribution in [2.45, 2.75) is 181 Å². The molecule has 3 heterocycles. The number of anilines is 9. The zero-order valence-electron chi connectivity index (χ0n) is 51.6. The molecule has 0 fully saturated rings. The molecule has 5 heteroatoms. The second kappa shape index (κ2) is 18.0. The molecule has 4 aliphatic rings. The lowest BCUT2D eigenvalue weighted by Gasteiger charge is -2.48. The summed E-state index contributed by atoms with van der Waals surface area (Å²) < 4.78 is 2.61. The van der Waals surface area contributed by atoms with Crippen LogP contribution in [0.25, 0.3) is 20.2 Å². The molecule has 0 saturated heterocycles. The molecule has 9 aromatic rings. The molecule has 412 valence electrons. The zero-order valence-corrected chi connectivity index (χ0v) is 52.4. The predicted molar refractivity (Wildman–Crippen MR) is 355 cm³/mol. The smallest absolute Gasteiger partial charge is 0.252 e. The van der Waals surface area contributed by atoms with E-state index in [0.717, 1.165) is 29.9 Å². The molecular weight excluding hydrogens is 998 g/mol. The summed E-state index contributed by atoms with van der Waals surface area (Å²) in [6.07, 6.45) is 4.66. The normalized spacial score (nSPS) is 17.6. The predicted octanol–water partition coefficient (Wildman–Crippen LogP) is 20.2. The van der Waals surface area contributed by atoms with Crippen molar-refractivity contribution < 1.29 is 0 Å². The van der Waals surface area contributed by atoms with Crippen molar-refractivity contribution in [1.29, 1.82) is 0 Å². The van der Waals surface area contributed by atoms with Gasteiger partial charge in [0.2, 0.25) is 0 Å². The van der Waals surface area contributed by atoms with Crippen LogP contribution in [0.4, 0.5) is 51.2 Å². The van der Waals surface area contributed by atoms with Gasteiger partial charge in [-0.3, -0.25) is 0 Å². The summed E-state index contributed by atoms with van der Waals surface area (Å²) in [5.74, 6) is 0. The Balaban J connectivity index is 1.15. The monoisotopic (exact) mass is 1080 g/mol. The molecule has 3 nitrogen and oxygen atoms in total. The highest BCUT2D eigenvalue weighted by Crippen LogP contribution is 2.55. The largest absolute Gasteiger partial charge is 0.311 e. The number of hydrogen-bond acceptors (Lipinski definition) is 4. The van der Waals surface area contributed by atoms with Crippen LogP contribution in [-0.4, -0.2) is 6.71 Å². The first kappa shape index (κ1) is 53.7. The van der Waals surface area contributed by atoms with Gasteiger partial charge in [-0.15, -0.1) is 11.3 Å². The molecular formula is C76H84BN3S. The Morgan fingerprint density at radius 1 is 0.395 bits per heavy atom. The topological polar surface area (TPSA) is 9.72 Å². The third kappa shape index (κ3) is 8.63. The standard InChI is InChI=1S/C76H84BN3S/c1-70(2,3)47-25-29-50(30-26-47)78(51-31-27-48(28-32-51)71(4,5)6)53-34-36-59-62(44-53)80(61-22-20-24-67-68(61)54-21-18-19-23-66(54)81-67)65-42-49(72(7,8)9)41-64-69(65)77(59)60-45-57-58(76(16,17)40-39-75(57,14)15)46-63(60)79(64)52-33-35-55-56(43-52)74(12,13)38-37-73(55,10)11/h18-36,41-46H,37-40H2,1-17H3. The fourth-order valence-electron chi connectivity index (χ4n) is 14.5. The summed E-state index contributed by atoms with van der Waals surface area (Å²) in [5, 5.41) is 2.61. The Bertz CT molecular complexity index is 3960. The minimum absolute atomic E-state index is 0.0138. The second-order valence-corrected chi connectivity index (χ2v) is 31.5. The molecule has 0 bridgehead atoms. The Morgan fingerprint density at radius 2 is 0.889 bits per heavy atom. The van der Waals surface area contributed by atoms with Gasteiger partial charge in [-0.25, -0.2) is 0 Å². The average Bonchev–Trinajstić information content (AvgIpc) is 3.97. The van der Waals surface area contributed by atoms with Crippen molar-refractivity contribution in [2.24, 2.45) is 0 Å². The molecule has 8 aromatic carbocycles. The van der Waals surface area contributed by atoms with Crippen molar-refractivity contribution in [3.05, 3.63) is 191 Å². The van der Waals surface area contributed by atoms with E-state index in [9.17, 15) is 0 Å². The fourth-order valence-corrected chi connectivity index (χ4v) is 15.6. The maximum absolute atomic E-state index is 2.73. The number of rotatable bonds is 5. The van der Waals surface area contributed by atoms with E-state index in [1.807, 2.05) is 11.3 Å². The van der Waals surface area contributed by atoms with E-state index in [1.54, 1.807) is 0 Å². The number of thiophene rings is 1. The van der Waals surface area contributed by atoms with Gasteiger partial charge in [-0.1, -0.05) is 184 Å². The molecule has 1 aromatic heterocycles. The van der Waals surface area contributed by atoms with Crippen LogP contribution in [0.1, 0.15) is 182 Å². The summed E-state index contributed by atoms with van der Waals surface area (Å²) in [6.45, 7) is 40.9. The minimum atomic E-state index is -0.166. The Hall–Kier alpha value is -6.56. The number of benzene rings is 8. The van der Waals surface area contributed by atoms with Gasteiger partial charge in [0.1, 0.15) is 0 Å². The van der Waals surface area contributed by atoms with Gasteiger partial charge in [0, 0.05) is 65.7 Å². The van der Waals surface area contributed by atoms with Crippen molar-refractivity contribution in [1.82, 2.24) is 0 Å². The first-order chi connectivity index (χ1) is 38.0. The lowest BCUT2D eigenvalue weighted by molar-refractivity contribution is 0.332. The van der Waals surface area contributed by atoms with Gasteiger partial charge < -0.3 is 14.7 Å². The molecule has 2 aliphatic carbocycles. The van der Waals surface area contributed by atoms with Gasteiger partial charge in [-0.2, -0.15) is 0 Å². The highest BCUT2D eigenvalue weighted by atomic mass is 32.1. The van der Waals surface area contributed by atoms with Gasteiger partial charge in [-0.05, 0) is 204 Å². The Kier molecular flexibility index (Phi) is 11.9. The SMILES string of the molecule is CC(C)(C)c1ccc(N(c2ccc(C(C)(C)C)cc2)c2ccc3c(c2)N(c2cccc4sc5ccccc5c24)c2cc(C(C)(C)C)cc4c2B3c2cc3c(cc2N4c2ccc4c(c2)C(C)(C)CCC4(C)C)C(C)(C)CCC3(C)C)cc1. The van der Waals surface area contributed by atoms with Gasteiger partial charge in [0.05, 0.1) is 5.69 Å². The highest BCUT2D eigenvalue weighted by molar-refractivity contribution is 7.26. The van der Waals surface area contributed by atoms with Crippen LogP contribution < -0.4 is 31.1 Å². The van der Waals surface area contributed by atoms with Gasteiger partial charge in [0.15, 0.2) is 0 Å². The van der Waals surface area contributed by atoms with E-state index < -0.39 is 0 Å². The first-order valence-electron chi connectivity index (χ1n) is 30.2. The second-order valence-electron chi connectivity index (χ2n) is 30.4. The number of fused-ring (bicyclic) bond motifs is 9. The average molecular weight is 1080 g/mol. The first-order valence-corrected chi connectivity index (χ1v) is 31.0. The van der Waals surface area contributed by atoms with Crippen LogP contribution in [0.5, 0.6) is 0 Å². The molecule has 0 N–H and O–H groups in total. The van der Waals surface area contributed by atoms with E-state index in [2.05, 4.69) is 284 Å². The molecule has 0 atom stereocenters. The number of nitrogens with zero attached hydrogens (tertiary/aromatic N) is 3. The third-order valence-corrected chi connectivity index (χ3v) is 21.0. The lowest BCUT2D eigenvalue weighted by atomic mass is 9.33. The fraction of sp³-hybridized carbons (Fsp3) is 0.368. The molecule has 0 unspecified atom stereocenters. The van der Waals surface area contributed by atoms with E-state index in [1.165, 1.54) is 122 Å². The maximum Gasteiger partial charge on any atom is 0.252 e. The molecule has 81 heavy (non-hydrogen) atoms. The summed E-state index contributed by atoms with van der Waals surface area (Å²) in [5.41, 5.74) is 25.1. The van der Waals surface area contributed by atoms with Crippen LogP contribution in [0.15, 0.2) is 152 Å². The lowest BCUT2D eigenvalue weighted by Crippen LogP contribution is -2.62. The molecule has 2 aliphatic heterocycles.